The first-order valence-electron chi connectivity index (χ1n) is 8.52. The molecule has 1 aromatic carbocycles. The van der Waals surface area contributed by atoms with E-state index in [1.807, 2.05) is 0 Å². The van der Waals surface area contributed by atoms with Crippen LogP contribution in [0.2, 0.25) is 0 Å². The maximum absolute atomic E-state index is 12.6. The molecule has 2 aliphatic heterocycles. The number of ether oxygens (including phenoxy) is 2. The summed E-state index contributed by atoms with van der Waals surface area (Å²) in [7, 11) is -1.84. The Morgan fingerprint density at radius 1 is 1.08 bits per heavy atom. The molecule has 138 valence electrons. The summed E-state index contributed by atoms with van der Waals surface area (Å²) >= 11 is 0. The second kappa shape index (κ2) is 7.82. The molecule has 0 aromatic heterocycles. The zero-order chi connectivity index (χ0) is 17.9. The first-order chi connectivity index (χ1) is 12.0. The topological polar surface area (TPSA) is 76.2 Å². The first-order valence-corrected chi connectivity index (χ1v) is 9.96. The highest BCUT2D eigenvalue weighted by atomic mass is 32.2. The van der Waals surface area contributed by atoms with Gasteiger partial charge in [-0.3, -0.25) is 4.79 Å². The van der Waals surface area contributed by atoms with Crippen molar-refractivity contribution in [1.82, 2.24) is 9.21 Å². The third kappa shape index (κ3) is 4.03. The Morgan fingerprint density at radius 3 is 2.24 bits per heavy atom. The van der Waals surface area contributed by atoms with Gasteiger partial charge in [0.15, 0.2) is 0 Å². The van der Waals surface area contributed by atoms with E-state index in [1.54, 1.807) is 24.1 Å². The van der Waals surface area contributed by atoms with Gasteiger partial charge in [-0.05, 0) is 37.1 Å². The van der Waals surface area contributed by atoms with Gasteiger partial charge in [0.25, 0.3) is 5.91 Å². The molecule has 0 saturated carbocycles. The molecule has 0 N–H and O–H groups in total. The summed E-state index contributed by atoms with van der Waals surface area (Å²) in [5.74, 6) is -0.0649. The molecule has 0 atom stereocenters. The highest BCUT2D eigenvalue weighted by Crippen LogP contribution is 2.20. The Hall–Kier alpha value is -1.48. The van der Waals surface area contributed by atoms with Crippen LogP contribution in [0.3, 0.4) is 0 Å². The fraction of sp³-hybridized carbons (Fsp3) is 0.588. The SMILES string of the molecule is COC1CCN(C(=O)c2ccc(S(=O)(=O)N3CCOCC3)cc2)CC1. The second-order valence-electron chi connectivity index (χ2n) is 6.27. The number of piperidine rings is 1. The van der Waals surface area contributed by atoms with Gasteiger partial charge in [0.1, 0.15) is 0 Å². The third-order valence-electron chi connectivity index (χ3n) is 4.77. The van der Waals surface area contributed by atoms with Crippen LogP contribution >= 0.6 is 0 Å². The van der Waals surface area contributed by atoms with Crippen molar-refractivity contribution in [1.29, 1.82) is 0 Å². The average Bonchev–Trinajstić information content (AvgIpc) is 2.68. The fourth-order valence-electron chi connectivity index (χ4n) is 3.18. The molecular weight excluding hydrogens is 344 g/mol. The van der Waals surface area contributed by atoms with Gasteiger partial charge in [-0.2, -0.15) is 4.31 Å². The van der Waals surface area contributed by atoms with Crippen molar-refractivity contribution in [3.63, 3.8) is 0 Å². The van der Waals surface area contributed by atoms with Crippen LogP contribution in [0.4, 0.5) is 0 Å². The van der Waals surface area contributed by atoms with Crippen LogP contribution in [0.5, 0.6) is 0 Å². The lowest BCUT2D eigenvalue weighted by molar-refractivity contribution is 0.0350. The van der Waals surface area contributed by atoms with E-state index in [0.717, 1.165) is 12.8 Å². The first kappa shape index (κ1) is 18.3. The summed E-state index contributed by atoms with van der Waals surface area (Å²) in [4.78, 5) is 14.6. The summed E-state index contributed by atoms with van der Waals surface area (Å²) in [6.07, 6.45) is 1.86. The van der Waals surface area contributed by atoms with Crippen LogP contribution in [0.1, 0.15) is 23.2 Å². The molecule has 1 aromatic rings. The summed E-state index contributed by atoms with van der Waals surface area (Å²) in [5, 5.41) is 0. The zero-order valence-corrected chi connectivity index (χ0v) is 15.2. The number of methoxy groups -OCH3 is 1. The quantitative estimate of drug-likeness (QED) is 0.791. The van der Waals surface area contributed by atoms with E-state index in [0.29, 0.717) is 45.0 Å². The van der Waals surface area contributed by atoms with Crippen LogP contribution in [0.25, 0.3) is 0 Å². The van der Waals surface area contributed by atoms with Crippen LogP contribution in [-0.4, -0.2) is 76.1 Å². The standard InChI is InChI=1S/C17H24N2O5S/c1-23-15-6-8-18(9-7-15)17(20)14-2-4-16(5-3-14)25(21,22)19-10-12-24-13-11-19/h2-5,15H,6-13H2,1H3. The van der Waals surface area contributed by atoms with Crippen molar-refractivity contribution in [2.45, 2.75) is 23.8 Å². The Kier molecular flexibility index (Phi) is 5.73. The molecular formula is C17H24N2O5S. The molecule has 25 heavy (non-hydrogen) atoms. The second-order valence-corrected chi connectivity index (χ2v) is 8.21. The molecule has 0 bridgehead atoms. The van der Waals surface area contributed by atoms with Crippen molar-refractivity contribution in [3.8, 4) is 0 Å². The number of nitrogens with zero attached hydrogens (tertiary/aromatic N) is 2. The zero-order valence-electron chi connectivity index (χ0n) is 14.4. The predicted octanol–water partition coefficient (Wildman–Crippen LogP) is 0.959. The predicted molar refractivity (Wildman–Crippen MR) is 92.0 cm³/mol. The number of carbonyl (C=O) groups is 1. The van der Waals surface area contributed by atoms with Crippen molar-refractivity contribution in [2.24, 2.45) is 0 Å². The largest absolute Gasteiger partial charge is 0.381 e. The number of carbonyl (C=O) groups excluding carboxylic acids is 1. The average molecular weight is 368 g/mol. The van der Waals surface area contributed by atoms with E-state index in [1.165, 1.54) is 16.4 Å². The molecule has 8 heteroatoms. The highest BCUT2D eigenvalue weighted by molar-refractivity contribution is 7.89. The van der Waals surface area contributed by atoms with Gasteiger partial charge in [0.05, 0.1) is 24.2 Å². The van der Waals surface area contributed by atoms with Gasteiger partial charge in [-0.25, -0.2) is 8.42 Å². The van der Waals surface area contributed by atoms with Crippen LogP contribution in [0, 0.1) is 0 Å². The van der Waals surface area contributed by atoms with Crippen LogP contribution in [-0.2, 0) is 19.5 Å². The molecule has 2 heterocycles. The number of rotatable bonds is 4. The molecule has 0 radical (unpaired) electrons. The van der Waals surface area contributed by atoms with Crippen molar-refractivity contribution in [3.05, 3.63) is 29.8 Å². The lowest BCUT2D eigenvalue weighted by Gasteiger charge is -2.31. The minimum Gasteiger partial charge on any atom is -0.381 e. The number of benzene rings is 1. The smallest absolute Gasteiger partial charge is 0.253 e. The van der Waals surface area contributed by atoms with Gasteiger partial charge in [0, 0.05) is 38.9 Å². The van der Waals surface area contributed by atoms with E-state index in [2.05, 4.69) is 0 Å². The van der Waals surface area contributed by atoms with Gasteiger partial charge in [0.2, 0.25) is 10.0 Å². The van der Waals surface area contributed by atoms with Gasteiger partial charge in [-0.1, -0.05) is 0 Å². The van der Waals surface area contributed by atoms with Gasteiger partial charge in [-0.15, -0.1) is 0 Å². The minimum atomic E-state index is -3.53. The number of sulfonamides is 1. The molecule has 7 nitrogen and oxygen atoms in total. The number of likely N-dealkylation sites (tertiary alicyclic amines) is 1. The molecule has 3 rings (SSSR count). The normalized spacial score (nSPS) is 20.6. The van der Waals surface area contributed by atoms with Crippen molar-refractivity contribution >= 4 is 15.9 Å². The van der Waals surface area contributed by atoms with E-state index in [-0.39, 0.29) is 16.9 Å². The fourth-order valence-corrected chi connectivity index (χ4v) is 4.59. The lowest BCUT2D eigenvalue weighted by atomic mass is 10.1. The highest BCUT2D eigenvalue weighted by Gasteiger charge is 2.27. The molecule has 0 aliphatic carbocycles. The summed E-state index contributed by atoms with van der Waals surface area (Å²) in [5.41, 5.74) is 0.511. The molecule has 2 saturated heterocycles. The number of hydrogen-bond acceptors (Lipinski definition) is 5. The maximum atomic E-state index is 12.6. The molecule has 1 amide bonds. The monoisotopic (exact) mass is 368 g/mol. The van der Waals surface area contributed by atoms with Crippen molar-refractivity contribution in [2.75, 3.05) is 46.5 Å². The minimum absolute atomic E-state index is 0.0649. The van der Waals surface area contributed by atoms with E-state index in [9.17, 15) is 13.2 Å². The molecule has 0 spiro atoms. The summed E-state index contributed by atoms with van der Waals surface area (Å²) in [6.45, 7) is 2.85. The lowest BCUT2D eigenvalue weighted by Crippen LogP contribution is -2.41. The van der Waals surface area contributed by atoms with E-state index < -0.39 is 10.0 Å². The number of hydrogen-bond donors (Lipinski definition) is 0. The third-order valence-corrected chi connectivity index (χ3v) is 6.68. The van der Waals surface area contributed by atoms with E-state index >= 15 is 0 Å². The number of amides is 1. The van der Waals surface area contributed by atoms with E-state index in [4.69, 9.17) is 9.47 Å². The summed E-state index contributed by atoms with van der Waals surface area (Å²) < 4.78 is 37.1. The molecule has 2 fully saturated rings. The van der Waals surface area contributed by atoms with Crippen molar-refractivity contribution < 1.29 is 22.7 Å². The Morgan fingerprint density at radius 2 is 1.68 bits per heavy atom. The Bertz CT molecular complexity index is 690. The van der Waals surface area contributed by atoms with Gasteiger partial charge < -0.3 is 14.4 Å². The van der Waals surface area contributed by atoms with Gasteiger partial charge >= 0.3 is 0 Å². The van der Waals surface area contributed by atoms with Crippen LogP contribution in [0.15, 0.2) is 29.2 Å². The maximum Gasteiger partial charge on any atom is 0.253 e. The summed E-state index contributed by atoms with van der Waals surface area (Å²) in [6, 6.07) is 6.22. The molecule has 0 unspecified atom stereocenters. The molecule has 2 aliphatic rings. The number of morpholine rings is 1. The Balaban J connectivity index is 1.68. The van der Waals surface area contributed by atoms with Crippen LogP contribution < -0.4 is 0 Å². The Labute approximate surface area is 148 Å².